The zero-order valence-electron chi connectivity index (χ0n) is 16.3. The molecular weight excluding hydrogens is 340 g/mol. The molecule has 1 aliphatic rings. The van der Waals surface area contributed by atoms with Gasteiger partial charge in [0.25, 0.3) is 5.91 Å². The fourth-order valence-corrected chi connectivity index (χ4v) is 3.67. The van der Waals surface area contributed by atoms with Gasteiger partial charge in [0.2, 0.25) is 0 Å². The van der Waals surface area contributed by atoms with E-state index < -0.39 is 5.60 Å². The van der Waals surface area contributed by atoms with Crippen LogP contribution in [0.2, 0.25) is 0 Å². The van der Waals surface area contributed by atoms with Crippen LogP contribution < -0.4 is 5.32 Å². The molecule has 1 aromatic carbocycles. The molecule has 6 heteroatoms. The minimum absolute atomic E-state index is 0.201. The molecule has 0 bridgehead atoms. The van der Waals surface area contributed by atoms with Gasteiger partial charge in [0.1, 0.15) is 5.82 Å². The van der Waals surface area contributed by atoms with E-state index in [-0.39, 0.29) is 12.5 Å². The smallest absolute Gasteiger partial charge is 0.256 e. The van der Waals surface area contributed by atoms with Crippen LogP contribution in [0.4, 0.5) is 0 Å². The first kappa shape index (κ1) is 19.5. The van der Waals surface area contributed by atoms with E-state index in [1.54, 1.807) is 4.90 Å². The zero-order valence-corrected chi connectivity index (χ0v) is 16.3. The lowest BCUT2D eigenvalue weighted by atomic mass is 9.91. The Labute approximate surface area is 160 Å². The third-order valence-corrected chi connectivity index (χ3v) is 4.89. The number of piperidine rings is 1. The number of aryl methyl sites for hydroxylation is 3. The molecule has 1 amide bonds. The summed E-state index contributed by atoms with van der Waals surface area (Å²) in [6, 6.07) is 10.1. The van der Waals surface area contributed by atoms with Crippen molar-refractivity contribution < 1.29 is 9.90 Å². The van der Waals surface area contributed by atoms with Gasteiger partial charge in [-0.05, 0) is 45.2 Å². The molecular formula is C21H28N4O2. The first-order valence-electron chi connectivity index (χ1n) is 9.45. The number of carbonyl (C=O) groups excluding carboxylic acids is 1. The Morgan fingerprint density at radius 3 is 2.63 bits per heavy atom. The van der Waals surface area contributed by atoms with Crippen LogP contribution in [-0.2, 0) is 17.9 Å². The first-order chi connectivity index (χ1) is 12.9. The molecule has 0 spiro atoms. The second kappa shape index (κ2) is 8.15. The Bertz CT molecular complexity index is 803. The second-order valence-corrected chi connectivity index (χ2v) is 7.52. The lowest BCUT2D eigenvalue weighted by molar-refractivity contribution is -0.157. The lowest BCUT2D eigenvalue weighted by Crippen LogP contribution is -2.57. The lowest BCUT2D eigenvalue weighted by Gasteiger charge is -2.38. The van der Waals surface area contributed by atoms with Gasteiger partial charge in [-0.1, -0.05) is 29.8 Å². The van der Waals surface area contributed by atoms with Gasteiger partial charge in [-0.3, -0.25) is 4.79 Å². The number of benzene rings is 1. The van der Waals surface area contributed by atoms with E-state index in [0.29, 0.717) is 31.9 Å². The second-order valence-electron chi connectivity index (χ2n) is 7.52. The van der Waals surface area contributed by atoms with Gasteiger partial charge in [0.05, 0.1) is 6.54 Å². The number of rotatable bonds is 6. The summed E-state index contributed by atoms with van der Waals surface area (Å²) in [4.78, 5) is 23.4. The number of amides is 1. The van der Waals surface area contributed by atoms with Crippen molar-refractivity contribution in [1.82, 2.24) is 20.2 Å². The van der Waals surface area contributed by atoms with Crippen LogP contribution >= 0.6 is 0 Å². The summed E-state index contributed by atoms with van der Waals surface area (Å²) in [5, 5.41) is 14.1. The maximum Gasteiger partial charge on any atom is 0.256 e. The van der Waals surface area contributed by atoms with Crippen molar-refractivity contribution in [1.29, 1.82) is 0 Å². The van der Waals surface area contributed by atoms with E-state index in [4.69, 9.17) is 0 Å². The quantitative estimate of drug-likeness (QED) is 0.816. The van der Waals surface area contributed by atoms with Crippen molar-refractivity contribution in [2.75, 3.05) is 13.1 Å². The highest BCUT2D eigenvalue weighted by atomic mass is 16.3. The minimum Gasteiger partial charge on any atom is -0.379 e. The van der Waals surface area contributed by atoms with E-state index >= 15 is 0 Å². The summed E-state index contributed by atoms with van der Waals surface area (Å²) < 4.78 is 0. The molecule has 2 heterocycles. The monoisotopic (exact) mass is 368 g/mol. The predicted octanol–water partition coefficient (Wildman–Crippen LogP) is 2.05. The Morgan fingerprint density at radius 1 is 1.19 bits per heavy atom. The number of hydrogen-bond acceptors (Lipinski definition) is 5. The highest BCUT2D eigenvalue weighted by Crippen LogP contribution is 2.24. The van der Waals surface area contributed by atoms with E-state index in [1.165, 1.54) is 5.56 Å². The van der Waals surface area contributed by atoms with Gasteiger partial charge in [-0.2, -0.15) is 0 Å². The third-order valence-electron chi connectivity index (χ3n) is 4.89. The van der Waals surface area contributed by atoms with E-state index in [9.17, 15) is 9.90 Å². The largest absolute Gasteiger partial charge is 0.379 e. The standard InChI is InChI=1S/C21H28N4O2/c1-15-6-4-7-18(10-15)13-25-9-5-8-21(27,20(25)26)14-22-12-19-23-16(2)11-17(3)24-19/h4,6-7,10-11,22,27H,5,8-9,12-14H2,1-3H3. The van der Waals surface area contributed by atoms with Crippen LogP contribution in [0.15, 0.2) is 30.3 Å². The van der Waals surface area contributed by atoms with Crippen molar-refractivity contribution in [3.8, 4) is 0 Å². The molecule has 1 unspecified atom stereocenters. The molecule has 27 heavy (non-hydrogen) atoms. The fourth-order valence-electron chi connectivity index (χ4n) is 3.67. The van der Waals surface area contributed by atoms with Gasteiger partial charge in [0.15, 0.2) is 5.60 Å². The number of nitrogens with zero attached hydrogens (tertiary/aromatic N) is 3. The summed E-state index contributed by atoms with van der Waals surface area (Å²) in [5.74, 6) is 0.472. The molecule has 0 radical (unpaired) electrons. The minimum atomic E-state index is -1.37. The molecule has 1 saturated heterocycles. The highest BCUT2D eigenvalue weighted by molar-refractivity contribution is 5.86. The number of carbonyl (C=O) groups is 1. The van der Waals surface area contributed by atoms with Crippen LogP contribution in [0.1, 0.15) is 41.2 Å². The SMILES string of the molecule is Cc1cccc(CN2CCCC(O)(CNCc3nc(C)cc(C)n3)C2=O)c1. The molecule has 2 N–H and O–H groups in total. The van der Waals surface area contributed by atoms with Crippen molar-refractivity contribution in [3.05, 3.63) is 58.7 Å². The molecule has 1 fully saturated rings. The Morgan fingerprint density at radius 2 is 1.93 bits per heavy atom. The molecule has 1 aliphatic heterocycles. The molecule has 0 aliphatic carbocycles. The maximum atomic E-state index is 12.9. The fraction of sp³-hybridized carbons (Fsp3) is 0.476. The van der Waals surface area contributed by atoms with E-state index in [0.717, 1.165) is 23.4 Å². The number of aliphatic hydroxyl groups is 1. The molecule has 6 nitrogen and oxygen atoms in total. The molecule has 2 aromatic rings. The van der Waals surface area contributed by atoms with Gasteiger partial charge in [-0.25, -0.2) is 9.97 Å². The number of hydrogen-bond donors (Lipinski definition) is 2. The molecule has 1 atom stereocenters. The average Bonchev–Trinajstić information content (AvgIpc) is 2.58. The average molecular weight is 368 g/mol. The summed E-state index contributed by atoms with van der Waals surface area (Å²) >= 11 is 0. The van der Waals surface area contributed by atoms with Gasteiger partial charge < -0.3 is 15.3 Å². The van der Waals surface area contributed by atoms with Gasteiger partial charge in [0, 0.05) is 31.0 Å². The molecule has 144 valence electrons. The van der Waals surface area contributed by atoms with Gasteiger partial charge in [-0.15, -0.1) is 0 Å². The van der Waals surface area contributed by atoms with Gasteiger partial charge >= 0.3 is 0 Å². The molecule has 1 aromatic heterocycles. The van der Waals surface area contributed by atoms with Crippen LogP contribution in [0.25, 0.3) is 0 Å². The van der Waals surface area contributed by atoms with Crippen LogP contribution in [0, 0.1) is 20.8 Å². The van der Waals surface area contributed by atoms with Crippen molar-refractivity contribution >= 4 is 5.91 Å². The summed E-state index contributed by atoms with van der Waals surface area (Å²) in [7, 11) is 0. The normalized spacial score (nSPS) is 20.1. The summed E-state index contributed by atoms with van der Waals surface area (Å²) in [6.07, 6.45) is 1.26. The van der Waals surface area contributed by atoms with E-state index in [1.807, 2.05) is 45.0 Å². The van der Waals surface area contributed by atoms with Crippen molar-refractivity contribution in [2.24, 2.45) is 0 Å². The van der Waals surface area contributed by atoms with Crippen LogP contribution in [0.3, 0.4) is 0 Å². The van der Waals surface area contributed by atoms with Crippen LogP contribution in [0.5, 0.6) is 0 Å². The third kappa shape index (κ3) is 4.90. The number of likely N-dealkylation sites (tertiary alicyclic amines) is 1. The van der Waals surface area contributed by atoms with Crippen LogP contribution in [-0.4, -0.2) is 44.6 Å². The highest BCUT2D eigenvalue weighted by Gasteiger charge is 2.41. The number of nitrogens with one attached hydrogen (secondary N) is 1. The molecule has 3 rings (SSSR count). The van der Waals surface area contributed by atoms with Crippen molar-refractivity contribution in [2.45, 2.75) is 52.3 Å². The maximum absolute atomic E-state index is 12.9. The summed E-state index contributed by atoms with van der Waals surface area (Å²) in [5.41, 5.74) is 2.71. The van der Waals surface area contributed by atoms with Crippen molar-refractivity contribution in [3.63, 3.8) is 0 Å². The Kier molecular flexibility index (Phi) is 5.87. The first-order valence-corrected chi connectivity index (χ1v) is 9.45. The Hall–Kier alpha value is -2.31. The number of aromatic nitrogens is 2. The Balaban J connectivity index is 1.61. The predicted molar refractivity (Wildman–Crippen MR) is 104 cm³/mol. The topological polar surface area (TPSA) is 78.3 Å². The van der Waals surface area contributed by atoms with E-state index in [2.05, 4.69) is 21.4 Å². The zero-order chi connectivity index (χ0) is 19.4. The summed E-state index contributed by atoms with van der Waals surface area (Å²) in [6.45, 7) is 7.73. The molecule has 0 saturated carbocycles.